The fourth-order valence-corrected chi connectivity index (χ4v) is 1.84. The summed E-state index contributed by atoms with van der Waals surface area (Å²) in [5, 5.41) is 41.3. The van der Waals surface area contributed by atoms with Crippen LogP contribution in [0.15, 0.2) is 24.3 Å². The van der Waals surface area contributed by atoms with Gasteiger partial charge in [0.1, 0.15) is 30.7 Å². The second kappa shape index (κ2) is 9.82. The van der Waals surface area contributed by atoms with E-state index in [1.165, 1.54) is 31.2 Å². The minimum atomic E-state index is -2.16. The monoisotopic (exact) mass is 371 g/mol. The molecule has 0 aliphatic rings. The van der Waals surface area contributed by atoms with Crippen LogP contribution in [-0.2, 0) is 19.1 Å². The van der Waals surface area contributed by atoms with E-state index in [4.69, 9.17) is 4.74 Å². The number of carbonyl (C=O) groups excluding carboxylic acids is 3. The minimum Gasteiger partial charge on any atom is -0.463 e. The first kappa shape index (κ1) is 21.5. The molecule has 1 rings (SSSR count). The van der Waals surface area contributed by atoms with Gasteiger partial charge in [-0.15, -0.1) is 0 Å². The highest BCUT2D eigenvalue weighted by Gasteiger charge is 2.36. The number of carbonyl (C=O) groups is 3. The van der Waals surface area contributed by atoms with Crippen molar-refractivity contribution in [2.75, 3.05) is 11.9 Å². The molecule has 0 unspecified atom stereocenters. The highest BCUT2D eigenvalue weighted by atomic mass is 16.6. The standard InChI is InChI=1S/C16H21NO9/c1-8(18)17-10-3-5-11(6-4-10)26-16(24)15(23)14(22)13(21)12(20)7-25-9(2)19/h3-6,12-15,20-23H,7H2,1-2H3,(H,17,18)/t12-,13-,14+,15+/m1/s1. The van der Waals surface area contributed by atoms with E-state index >= 15 is 0 Å². The summed E-state index contributed by atoms with van der Waals surface area (Å²) >= 11 is 0. The number of rotatable bonds is 8. The number of anilines is 1. The Labute approximate surface area is 149 Å². The zero-order valence-corrected chi connectivity index (χ0v) is 14.2. The van der Waals surface area contributed by atoms with Crippen LogP contribution in [0.25, 0.3) is 0 Å². The van der Waals surface area contributed by atoms with Gasteiger partial charge in [-0.25, -0.2) is 4.79 Å². The molecule has 0 aliphatic heterocycles. The van der Waals surface area contributed by atoms with Crippen LogP contribution in [-0.4, -0.2) is 69.3 Å². The third-order valence-electron chi connectivity index (χ3n) is 3.16. The Morgan fingerprint density at radius 3 is 2.08 bits per heavy atom. The van der Waals surface area contributed by atoms with Crippen molar-refractivity contribution in [2.45, 2.75) is 38.3 Å². The van der Waals surface area contributed by atoms with Gasteiger partial charge in [0.05, 0.1) is 0 Å². The fraction of sp³-hybridized carbons (Fsp3) is 0.438. The summed E-state index contributed by atoms with van der Waals surface area (Å²) in [5.74, 6) is -2.25. The topological polar surface area (TPSA) is 163 Å². The van der Waals surface area contributed by atoms with E-state index in [9.17, 15) is 34.8 Å². The number of benzene rings is 1. The maximum absolute atomic E-state index is 11.8. The minimum absolute atomic E-state index is 0.0188. The van der Waals surface area contributed by atoms with Crippen molar-refractivity contribution in [3.05, 3.63) is 24.3 Å². The third kappa shape index (κ3) is 6.76. The molecule has 0 aliphatic carbocycles. The second-order valence-electron chi connectivity index (χ2n) is 5.42. The molecule has 10 heteroatoms. The quantitative estimate of drug-likeness (QED) is 0.272. The summed E-state index contributed by atoms with van der Waals surface area (Å²) in [4.78, 5) is 33.4. The Morgan fingerprint density at radius 2 is 1.58 bits per heavy atom. The largest absolute Gasteiger partial charge is 0.463 e. The number of esters is 2. The molecule has 1 aromatic carbocycles. The zero-order chi connectivity index (χ0) is 19.9. The van der Waals surface area contributed by atoms with E-state index in [2.05, 4.69) is 10.1 Å². The molecule has 0 bridgehead atoms. The molecule has 0 aromatic heterocycles. The lowest BCUT2D eigenvalue weighted by Gasteiger charge is -2.25. The number of ether oxygens (including phenoxy) is 2. The lowest BCUT2D eigenvalue weighted by molar-refractivity contribution is -0.166. The van der Waals surface area contributed by atoms with Gasteiger partial charge in [0.25, 0.3) is 0 Å². The van der Waals surface area contributed by atoms with Crippen LogP contribution in [0.1, 0.15) is 13.8 Å². The van der Waals surface area contributed by atoms with E-state index in [1.807, 2.05) is 0 Å². The predicted octanol–water partition coefficient (Wildman–Crippen LogP) is -1.44. The van der Waals surface area contributed by atoms with Crippen LogP contribution in [0, 0.1) is 0 Å². The molecule has 26 heavy (non-hydrogen) atoms. The number of nitrogens with one attached hydrogen (secondary N) is 1. The Kier molecular flexibility index (Phi) is 8.13. The first-order valence-electron chi connectivity index (χ1n) is 7.56. The van der Waals surface area contributed by atoms with Crippen molar-refractivity contribution in [1.29, 1.82) is 0 Å². The van der Waals surface area contributed by atoms with Gasteiger partial charge in [0.2, 0.25) is 5.91 Å². The smallest absolute Gasteiger partial charge is 0.343 e. The van der Waals surface area contributed by atoms with Gasteiger partial charge < -0.3 is 35.2 Å². The van der Waals surface area contributed by atoms with E-state index in [0.717, 1.165) is 6.92 Å². The SMILES string of the molecule is CC(=O)Nc1ccc(OC(=O)[C@@H](O)[C@@H](O)[C@H](O)[C@H](O)COC(C)=O)cc1. The summed E-state index contributed by atoms with van der Waals surface area (Å²) in [7, 11) is 0. The number of hydrogen-bond donors (Lipinski definition) is 5. The molecular weight excluding hydrogens is 350 g/mol. The van der Waals surface area contributed by atoms with E-state index in [1.54, 1.807) is 0 Å². The van der Waals surface area contributed by atoms with Crippen molar-refractivity contribution in [1.82, 2.24) is 0 Å². The highest BCUT2D eigenvalue weighted by Crippen LogP contribution is 2.17. The summed E-state index contributed by atoms with van der Waals surface area (Å²) < 4.78 is 9.31. The number of amides is 1. The van der Waals surface area contributed by atoms with Crippen molar-refractivity contribution in [2.24, 2.45) is 0 Å². The van der Waals surface area contributed by atoms with Gasteiger partial charge in [-0.1, -0.05) is 0 Å². The average Bonchev–Trinajstić information content (AvgIpc) is 2.58. The van der Waals surface area contributed by atoms with Crippen molar-refractivity contribution < 1.29 is 44.3 Å². The molecular formula is C16H21NO9. The maximum atomic E-state index is 11.8. The molecule has 0 spiro atoms. The van der Waals surface area contributed by atoms with Gasteiger partial charge in [-0.2, -0.15) is 0 Å². The van der Waals surface area contributed by atoms with Crippen LogP contribution in [0.4, 0.5) is 5.69 Å². The lowest BCUT2D eigenvalue weighted by atomic mass is 10.0. The van der Waals surface area contributed by atoms with Gasteiger partial charge in [0.15, 0.2) is 6.10 Å². The highest BCUT2D eigenvalue weighted by molar-refractivity contribution is 5.88. The first-order chi connectivity index (χ1) is 12.1. The summed E-state index contributed by atoms with van der Waals surface area (Å²) in [6.45, 7) is 1.78. The van der Waals surface area contributed by atoms with E-state index < -0.39 is 43.0 Å². The van der Waals surface area contributed by atoms with Crippen molar-refractivity contribution in [3.63, 3.8) is 0 Å². The van der Waals surface area contributed by atoms with Crippen molar-refractivity contribution >= 4 is 23.5 Å². The lowest BCUT2D eigenvalue weighted by Crippen LogP contribution is -2.50. The second-order valence-corrected chi connectivity index (χ2v) is 5.42. The summed E-state index contributed by atoms with van der Waals surface area (Å²) in [6, 6.07) is 5.58. The maximum Gasteiger partial charge on any atom is 0.343 e. The van der Waals surface area contributed by atoms with E-state index in [-0.39, 0.29) is 11.7 Å². The van der Waals surface area contributed by atoms with Gasteiger partial charge in [-0.05, 0) is 24.3 Å². The van der Waals surface area contributed by atoms with Crippen LogP contribution >= 0.6 is 0 Å². The van der Waals surface area contributed by atoms with Gasteiger partial charge >= 0.3 is 11.9 Å². The molecule has 0 radical (unpaired) electrons. The molecule has 1 amide bonds. The molecule has 10 nitrogen and oxygen atoms in total. The molecule has 144 valence electrons. The average molecular weight is 371 g/mol. The Hall–Kier alpha value is -2.53. The summed E-state index contributed by atoms with van der Waals surface area (Å²) in [5.41, 5.74) is 0.460. The summed E-state index contributed by atoms with van der Waals surface area (Å²) in [6.07, 6.45) is -7.91. The number of aliphatic hydroxyl groups excluding tert-OH is 4. The molecule has 0 saturated heterocycles. The normalized spacial score (nSPS) is 15.3. The number of aliphatic hydroxyl groups is 4. The van der Waals surface area contributed by atoms with Crippen molar-refractivity contribution in [3.8, 4) is 5.75 Å². The van der Waals surface area contributed by atoms with Gasteiger partial charge in [0, 0.05) is 19.5 Å². The van der Waals surface area contributed by atoms with Crippen LogP contribution in [0.3, 0.4) is 0 Å². The predicted molar refractivity (Wildman–Crippen MR) is 87.0 cm³/mol. The fourth-order valence-electron chi connectivity index (χ4n) is 1.84. The Morgan fingerprint density at radius 1 is 1.00 bits per heavy atom. The Balaban J connectivity index is 2.62. The number of hydrogen-bond acceptors (Lipinski definition) is 9. The first-order valence-corrected chi connectivity index (χ1v) is 7.56. The molecule has 4 atom stereocenters. The molecule has 0 saturated carbocycles. The van der Waals surface area contributed by atoms with Gasteiger partial charge in [-0.3, -0.25) is 9.59 Å². The zero-order valence-electron chi connectivity index (χ0n) is 14.2. The van der Waals surface area contributed by atoms with E-state index in [0.29, 0.717) is 5.69 Å². The molecule has 1 aromatic rings. The van der Waals surface area contributed by atoms with Crippen LogP contribution < -0.4 is 10.1 Å². The molecule has 0 fully saturated rings. The third-order valence-corrected chi connectivity index (χ3v) is 3.16. The molecule has 5 N–H and O–H groups in total. The Bertz CT molecular complexity index is 631. The van der Waals surface area contributed by atoms with Crippen LogP contribution in [0.2, 0.25) is 0 Å². The molecule has 0 heterocycles. The van der Waals surface area contributed by atoms with Crippen LogP contribution in [0.5, 0.6) is 5.75 Å².